The van der Waals surface area contributed by atoms with Crippen molar-refractivity contribution in [3.63, 3.8) is 0 Å². The summed E-state index contributed by atoms with van der Waals surface area (Å²) in [5.41, 5.74) is 0. The SMILES string of the molecule is CC(SC(=O)c1cccs1)C(=O)O. The smallest absolute Gasteiger partial charge is 0.316 e. The number of thiophene rings is 1. The van der Waals surface area contributed by atoms with Gasteiger partial charge >= 0.3 is 5.97 Å². The molecule has 1 rings (SSSR count). The lowest BCUT2D eigenvalue weighted by atomic mass is 10.5. The Labute approximate surface area is 83.8 Å². The Hall–Kier alpha value is -0.810. The topological polar surface area (TPSA) is 54.4 Å². The Morgan fingerprint density at radius 2 is 2.31 bits per heavy atom. The van der Waals surface area contributed by atoms with Gasteiger partial charge in [0, 0.05) is 0 Å². The Bertz CT molecular complexity index is 305. The zero-order valence-electron chi connectivity index (χ0n) is 6.89. The van der Waals surface area contributed by atoms with Crippen molar-refractivity contribution in [1.82, 2.24) is 0 Å². The third-order valence-electron chi connectivity index (χ3n) is 1.35. The molecule has 1 N–H and O–H groups in total. The first-order valence-corrected chi connectivity index (χ1v) is 5.34. The number of carboxylic acid groups (broad SMARTS) is 1. The van der Waals surface area contributed by atoms with E-state index in [4.69, 9.17) is 5.11 Å². The van der Waals surface area contributed by atoms with Crippen LogP contribution in [0.15, 0.2) is 17.5 Å². The van der Waals surface area contributed by atoms with E-state index < -0.39 is 11.2 Å². The number of thioether (sulfide) groups is 1. The maximum Gasteiger partial charge on any atom is 0.316 e. The molecule has 0 fully saturated rings. The van der Waals surface area contributed by atoms with Crippen molar-refractivity contribution in [2.75, 3.05) is 0 Å². The summed E-state index contributed by atoms with van der Waals surface area (Å²) in [4.78, 5) is 22.4. The van der Waals surface area contributed by atoms with Gasteiger partial charge < -0.3 is 5.11 Å². The average molecular weight is 216 g/mol. The summed E-state index contributed by atoms with van der Waals surface area (Å²) in [7, 11) is 0. The number of carbonyl (C=O) groups excluding carboxylic acids is 1. The summed E-state index contributed by atoms with van der Waals surface area (Å²) < 4.78 is 0. The maximum absolute atomic E-state index is 11.3. The van der Waals surface area contributed by atoms with Crippen LogP contribution in [0.1, 0.15) is 16.6 Å². The van der Waals surface area contributed by atoms with Gasteiger partial charge in [0.2, 0.25) is 5.12 Å². The minimum atomic E-state index is -0.963. The molecule has 0 spiro atoms. The summed E-state index contributed by atoms with van der Waals surface area (Å²) in [5.74, 6) is -0.963. The van der Waals surface area contributed by atoms with Gasteiger partial charge in [0.1, 0.15) is 5.25 Å². The number of aliphatic carboxylic acids is 1. The number of rotatable bonds is 3. The van der Waals surface area contributed by atoms with Gasteiger partial charge in [-0.05, 0) is 18.4 Å². The molecule has 3 nitrogen and oxygen atoms in total. The predicted molar refractivity (Wildman–Crippen MR) is 53.3 cm³/mol. The van der Waals surface area contributed by atoms with E-state index in [1.807, 2.05) is 0 Å². The van der Waals surface area contributed by atoms with Gasteiger partial charge in [0.05, 0.1) is 4.88 Å². The fourth-order valence-electron chi connectivity index (χ4n) is 0.664. The molecule has 1 atom stereocenters. The quantitative estimate of drug-likeness (QED) is 0.840. The van der Waals surface area contributed by atoms with Gasteiger partial charge in [-0.1, -0.05) is 17.8 Å². The van der Waals surface area contributed by atoms with Crippen LogP contribution < -0.4 is 0 Å². The van der Waals surface area contributed by atoms with Gasteiger partial charge in [-0.3, -0.25) is 9.59 Å². The standard InChI is InChI=1S/C8H8O3S2/c1-5(7(9)10)13-8(11)6-3-2-4-12-6/h2-5H,1H3,(H,9,10). The molecule has 0 aromatic carbocycles. The van der Waals surface area contributed by atoms with Crippen molar-refractivity contribution in [1.29, 1.82) is 0 Å². The molecule has 0 aliphatic heterocycles. The van der Waals surface area contributed by atoms with Crippen LogP contribution in [-0.2, 0) is 4.79 Å². The molecule has 0 saturated heterocycles. The van der Waals surface area contributed by atoms with E-state index >= 15 is 0 Å². The average Bonchev–Trinajstić information content (AvgIpc) is 2.55. The van der Waals surface area contributed by atoms with E-state index in [2.05, 4.69) is 0 Å². The van der Waals surface area contributed by atoms with E-state index in [0.29, 0.717) is 4.88 Å². The van der Waals surface area contributed by atoms with Crippen molar-refractivity contribution < 1.29 is 14.7 Å². The van der Waals surface area contributed by atoms with Gasteiger partial charge in [-0.25, -0.2) is 0 Å². The largest absolute Gasteiger partial charge is 0.480 e. The first-order chi connectivity index (χ1) is 6.11. The zero-order valence-corrected chi connectivity index (χ0v) is 8.52. The molecule has 1 unspecified atom stereocenters. The minimum Gasteiger partial charge on any atom is -0.480 e. The van der Waals surface area contributed by atoms with Crippen LogP contribution in [0.4, 0.5) is 0 Å². The molecule has 0 amide bonds. The number of carboxylic acids is 1. The molecular formula is C8H8O3S2. The highest BCUT2D eigenvalue weighted by molar-refractivity contribution is 8.15. The number of hydrogen-bond acceptors (Lipinski definition) is 4. The Morgan fingerprint density at radius 1 is 1.62 bits per heavy atom. The van der Waals surface area contributed by atoms with E-state index in [1.165, 1.54) is 18.3 Å². The first kappa shape index (κ1) is 10.3. The van der Waals surface area contributed by atoms with Crippen molar-refractivity contribution in [2.45, 2.75) is 12.2 Å². The highest BCUT2D eigenvalue weighted by atomic mass is 32.2. The molecular weight excluding hydrogens is 208 g/mol. The number of hydrogen-bond donors (Lipinski definition) is 1. The van der Waals surface area contributed by atoms with Crippen LogP contribution in [-0.4, -0.2) is 21.4 Å². The van der Waals surface area contributed by atoms with E-state index in [0.717, 1.165) is 11.8 Å². The lowest BCUT2D eigenvalue weighted by Crippen LogP contribution is -2.13. The van der Waals surface area contributed by atoms with Crippen molar-refractivity contribution in [3.8, 4) is 0 Å². The van der Waals surface area contributed by atoms with E-state index in [-0.39, 0.29) is 5.12 Å². The molecule has 0 aliphatic carbocycles. The van der Waals surface area contributed by atoms with Crippen LogP contribution in [0, 0.1) is 0 Å². The van der Waals surface area contributed by atoms with Crippen molar-refractivity contribution in [3.05, 3.63) is 22.4 Å². The van der Waals surface area contributed by atoms with Crippen LogP contribution in [0.3, 0.4) is 0 Å². The molecule has 70 valence electrons. The molecule has 5 heteroatoms. The van der Waals surface area contributed by atoms with Crippen LogP contribution in [0.5, 0.6) is 0 Å². The zero-order chi connectivity index (χ0) is 9.84. The highest BCUT2D eigenvalue weighted by Gasteiger charge is 2.17. The van der Waals surface area contributed by atoms with Gasteiger partial charge in [0.15, 0.2) is 0 Å². The summed E-state index contributed by atoms with van der Waals surface area (Å²) in [6.07, 6.45) is 0. The third kappa shape index (κ3) is 2.86. The molecule has 1 aromatic heterocycles. The molecule has 0 bridgehead atoms. The molecule has 1 aromatic rings. The second-order valence-corrected chi connectivity index (χ2v) is 4.62. The molecule has 1 heterocycles. The van der Waals surface area contributed by atoms with Crippen LogP contribution in [0.25, 0.3) is 0 Å². The third-order valence-corrected chi connectivity index (χ3v) is 3.34. The van der Waals surface area contributed by atoms with Crippen molar-refractivity contribution >= 4 is 34.2 Å². The van der Waals surface area contributed by atoms with Gasteiger partial charge in [0.25, 0.3) is 0 Å². The first-order valence-electron chi connectivity index (χ1n) is 3.58. The Balaban J connectivity index is 2.56. The molecule has 0 saturated carbocycles. The molecule has 0 aliphatic rings. The normalized spacial score (nSPS) is 12.4. The fourth-order valence-corrected chi connectivity index (χ4v) is 2.12. The Kier molecular flexibility index (Phi) is 3.50. The lowest BCUT2D eigenvalue weighted by molar-refractivity contribution is -0.136. The van der Waals surface area contributed by atoms with E-state index in [1.54, 1.807) is 17.5 Å². The minimum absolute atomic E-state index is 0.176. The molecule has 0 radical (unpaired) electrons. The number of carbonyl (C=O) groups is 2. The highest BCUT2D eigenvalue weighted by Crippen LogP contribution is 2.21. The van der Waals surface area contributed by atoms with Crippen LogP contribution in [0.2, 0.25) is 0 Å². The Morgan fingerprint density at radius 3 is 2.77 bits per heavy atom. The summed E-state index contributed by atoms with van der Waals surface area (Å²) in [5, 5.41) is 9.49. The van der Waals surface area contributed by atoms with Gasteiger partial charge in [-0.2, -0.15) is 0 Å². The predicted octanol–water partition coefficient (Wildman–Crippen LogP) is 2.09. The van der Waals surface area contributed by atoms with Crippen molar-refractivity contribution in [2.24, 2.45) is 0 Å². The summed E-state index contributed by atoms with van der Waals surface area (Å²) >= 11 is 2.16. The fraction of sp³-hybridized carbons (Fsp3) is 0.250. The van der Waals surface area contributed by atoms with E-state index in [9.17, 15) is 9.59 Å². The second kappa shape index (κ2) is 4.43. The second-order valence-electron chi connectivity index (χ2n) is 2.36. The van der Waals surface area contributed by atoms with Crippen LogP contribution >= 0.6 is 23.1 Å². The van der Waals surface area contributed by atoms with Gasteiger partial charge in [-0.15, -0.1) is 11.3 Å². The monoisotopic (exact) mass is 216 g/mol. The molecule has 13 heavy (non-hydrogen) atoms. The maximum atomic E-state index is 11.3. The summed E-state index contributed by atoms with van der Waals surface area (Å²) in [6.45, 7) is 1.50. The lowest BCUT2D eigenvalue weighted by Gasteiger charge is -2.01. The summed E-state index contributed by atoms with van der Waals surface area (Å²) in [6, 6.07) is 3.46.